The lowest BCUT2D eigenvalue weighted by Gasteiger charge is -2.35. The third-order valence-electron chi connectivity index (χ3n) is 5.60. The van der Waals surface area contributed by atoms with Crippen molar-refractivity contribution in [2.75, 3.05) is 42.9 Å². The summed E-state index contributed by atoms with van der Waals surface area (Å²) in [5.41, 5.74) is 2.58. The van der Waals surface area contributed by atoms with Gasteiger partial charge >= 0.3 is 0 Å². The van der Waals surface area contributed by atoms with Crippen LogP contribution in [0.5, 0.6) is 0 Å². The summed E-state index contributed by atoms with van der Waals surface area (Å²) in [6.45, 7) is 3.88. The molecule has 1 fully saturated rings. The summed E-state index contributed by atoms with van der Waals surface area (Å²) in [6.07, 6.45) is 0.266. The predicted octanol–water partition coefficient (Wildman–Crippen LogP) is 2.10. The number of benzene rings is 2. The summed E-state index contributed by atoms with van der Waals surface area (Å²) in [6, 6.07) is 17.5. The van der Waals surface area contributed by atoms with Crippen LogP contribution in [0.4, 0.5) is 11.4 Å². The minimum absolute atomic E-state index is 0.00235. The molecule has 0 spiro atoms. The fourth-order valence-electron chi connectivity index (χ4n) is 3.96. The summed E-state index contributed by atoms with van der Waals surface area (Å²) in [7, 11) is 0. The van der Waals surface area contributed by atoms with Gasteiger partial charge in [-0.05, 0) is 17.7 Å². The highest BCUT2D eigenvalue weighted by atomic mass is 16.2. The maximum absolute atomic E-state index is 12.7. The first-order valence-electron chi connectivity index (χ1n) is 10.3. The summed E-state index contributed by atoms with van der Waals surface area (Å²) in [4.78, 5) is 42.9. The Morgan fingerprint density at radius 3 is 2.27 bits per heavy atom. The quantitative estimate of drug-likeness (QED) is 0.825. The van der Waals surface area contributed by atoms with Crippen molar-refractivity contribution in [2.24, 2.45) is 0 Å². The third-order valence-corrected chi connectivity index (χ3v) is 5.60. The molecule has 0 bridgehead atoms. The van der Waals surface area contributed by atoms with Crippen molar-refractivity contribution in [1.29, 1.82) is 0 Å². The molecule has 2 aromatic rings. The molecule has 2 heterocycles. The number of fused-ring (bicyclic) bond motifs is 1. The van der Waals surface area contributed by atoms with Gasteiger partial charge in [0.2, 0.25) is 17.7 Å². The lowest BCUT2D eigenvalue weighted by Crippen LogP contribution is -2.48. The van der Waals surface area contributed by atoms with Gasteiger partial charge in [-0.15, -0.1) is 0 Å². The van der Waals surface area contributed by atoms with E-state index in [0.29, 0.717) is 24.5 Å². The van der Waals surface area contributed by atoms with Crippen molar-refractivity contribution < 1.29 is 14.4 Å². The van der Waals surface area contributed by atoms with Crippen molar-refractivity contribution in [3.63, 3.8) is 0 Å². The average molecular weight is 406 g/mol. The normalized spacial score (nSPS) is 16.7. The Bertz CT molecular complexity index is 923. The molecule has 0 unspecified atom stereocenters. The van der Waals surface area contributed by atoms with Gasteiger partial charge in [-0.2, -0.15) is 0 Å². The summed E-state index contributed by atoms with van der Waals surface area (Å²) < 4.78 is 0. The van der Waals surface area contributed by atoms with Crippen LogP contribution in [0.3, 0.4) is 0 Å². The number of piperazine rings is 1. The molecule has 0 aromatic heterocycles. The van der Waals surface area contributed by atoms with Gasteiger partial charge in [-0.1, -0.05) is 42.5 Å². The van der Waals surface area contributed by atoms with E-state index in [4.69, 9.17) is 0 Å². The van der Waals surface area contributed by atoms with E-state index in [1.807, 2.05) is 35.2 Å². The Labute approximate surface area is 176 Å². The zero-order valence-corrected chi connectivity index (χ0v) is 16.9. The molecule has 156 valence electrons. The van der Waals surface area contributed by atoms with Gasteiger partial charge in [-0.3, -0.25) is 19.3 Å². The van der Waals surface area contributed by atoms with Crippen molar-refractivity contribution in [2.45, 2.75) is 19.4 Å². The van der Waals surface area contributed by atoms with E-state index in [1.165, 1.54) is 10.5 Å². The number of carbonyl (C=O) groups is 3. The van der Waals surface area contributed by atoms with Crippen molar-refractivity contribution in [3.05, 3.63) is 60.2 Å². The summed E-state index contributed by atoms with van der Waals surface area (Å²) in [5, 5.41) is 2.77. The lowest BCUT2D eigenvalue weighted by molar-refractivity contribution is -0.134. The Hall–Kier alpha value is -3.19. The fraction of sp³-hybridized carbons (Fsp3) is 0.348. The molecule has 2 aliphatic heterocycles. The predicted molar refractivity (Wildman–Crippen MR) is 115 cm³/mol. The second kappa shape index (κ2) is 9.09. The third kappa shape index (κ3) is 4.68. The largest absolute Gasteiger partial charge is 0.340 e. The molecular formula is C23H26N4O3. The van der Waals surface area contributed by atoms with Crippen LogP contribution in [-0.4, -0.2) is 60.2 Å². The smallest absolute Gasteiger partial charge is 0.244 e. The number of rotatable bonds is 5. The van der Waals surface area contributed by atoms with Crippen molar-refractivity contribution >= 4 is 29.1 Å². The minimum Gasteiger partial charge on any atom is -0.340 e. The highest BCUT2D eigenvalue weighted by Gasteiger charge is 2.28. The molecule has 0 atom stereocenters. The van der Waals surface area contributed by atoms with E-state index in [-0.39, 0.29) is 37.1 Å². The first-order chi connectivity index (χ1) is 14.6. The van der Waals surface area contributed by atoms with E-state index < -0.39 is 0 Å². The minimum atomic E-state index is -0.220. The molecule has 1 saturated heterocycles. The molecule has 3 amide bonds. The number of anilines is 2. The first kappa shape index (κ1) is 20.1. The molecule has 4 rings (SSSR count). The van der Waals surface area contributed by atoms with Crippen LogP contribution in [0, 0.1) is 0 Å². The number of nitrogens with one attached hydrogen (secondary N) is 1. The topological polar surface area (TPSA) is 73.0 Å². The Kier molecular flexibility index (Phi) is 6.09. The lowest BCUT2D eigenvalue weighted by atomic mass is 10.1. The van der Waals surface area contributed by atoms with Crippen LogP contribution in [0.2, 0.25) is 0 Å². The van der Waals surface area contributed by atoms with E-state index in [2.05, 4.69) is 22.3 Å². The summed E-state index contributed by atoms with van der Waals surface area (Å²) >= 11 is 0. The Morgan fingerprint density at radius 1 is 0.833 bits per heavy atom. The molecule has 2 aliphatic rings. The molecule has 7 nitrogen and oxygen atoms in total. The molecule has 0 saturated carbocycles. The standard InChI is InChI=1S/C23H26N4O3/c28-21-17-27(20-9-5-4-8-19(20)24-21)23(30)11-10-22(29)26-14-12-25(13-15-26)16-18-6-2-1-3-7-18/h1-9H,10-17H2,(H,24,28). The van der Waals surface area contributed by atoms with Gasteiger partial charge in [0, 0.05) is 45.6 Å². The zero-order valence-electron chi connectivity index (χ0n) is 16.9. The number of nitrogens with zero attached hydrogens (tertiary/aromatic N) is 3. The van der Waals surface area contributed by atoms with Crippen LogP contribution in [-0.2, 0) is 20.9 Å². The molecule has 2 aromatic carbocycles. The maximum Gasteiger partial charge on any atom is 0.244 e. The van der Waals surface area contributed by atoms with Crippen LogP contribution in [0.25, 0.3) is 0 Å². The van der Waals surface area contributed by atoms with Gasteiger partial charge in [-0.25, -0.2) is 0 Å². The summed E-state index contributed by atoms with van der Waals surface area (Å²) in [5.74, 6) is -0.422. The highest BCUT2D eigenvalue weighted by Crippen LogP contribution is 2.29. The van der Waals surface area contributed by atoms with Gasteiger partial charge in [0.25, 0.3) is 0 Å². The van der Waals surface area contributed by atoms with Crippen LogP contribution < -0.4 is 10.2 Å². The van der Waals surface area contributed by atoms with Crippen molar-refractivity contribution in [3.8, 4) is 0 Å². The average Bonchev–Trinajstić information content (AvgIpc) is 2.78. The number of para-hydroxylation sites is 2. The van der Waals surface area contributed by atoms with Gasteiger partial charge in [0.05, 0.1) is 11.4 Å². The van der Waals surface area contributed by atoms with Crippen LogP contribution >= 0.6 is 0 Å². The Balaban J connectivity index is 1.26. The number of hydrogen-bond acceptors (Lipinski definition) is 4. The highest BCUT2D eigenvalue weighted by molar-refractivity contribution is 6.10. The molecule has 0 aliphatic carbocycles. The van der Waals surface area contributed by atoms with Gasteiger partial charge in [0.1, 0.15) is 6.54 Å². The van der Waals surface area contributed by atoms with Gasteiger partial charge in [0.15, 0.2) is 0 Å². The van der Waals surface area contributed by atoms with Crippen LogP contribution in [0.1, 0.15) is 18.4 Å². The first-order valence-corrected chi connectivity index (χ1v) is 10.3. The number of carbonyl (C=O) groups excluding carboxylic acids is 3. The molecular weight excluding hydrogens is 380 g/mol. The van der Waals surface area contributed by atoms with E-state index in [0.717, 1.165) is 19.6 Å². The molecule has 0 radical (unpaired) electrons. The zero-order chi connectivity index (χ0) is 20.9. The molecule has 30 heavy (non-hydrogen) atoms. The maximum atomic E-state index is 12.7. The number of amides is 3. The van der Waals surface area contributed by atoms with E-state index in [9.17, 15) is 14.4 Å². The molecule has 1 N–H and O–H groups in total. The van der Waals surface area contributed by atoms with E-state index >= 15 is 0 Å². The SMILES string of the molecule is O=C1CN(C(=O)CCC(=O)N2CCN(Cc3ccccc3)CC2)c2ccccc2N1. The monoisotopic (exact) mass is 406 g/mol. The van der Waals surface area contributed by atoms with Gasteiger partial charge < -0.3 is 15.1 Å². The second-order valence-electron chi connectivity index (χ2n) is 7.69. The number of hydrogen-bond donors (Lipinski definition) is 1. The fourth-order valence-corrected chi connectivity index (χ4v) is 3.96. The Morgan fingerprint density at radius 2 is 1.50 bits per heavy atom. The van der Waals surface area contributed by atoms with Crippen LogP contribution in [0.15, 0.2) is 54.6 Å². The second-order valence-corrected chi connectivity index (χ2v) is 7.69. The van der Waals surface area contributed by atoms with E-state index in [1.54, 1.807) is 12.1 Å². The molecule has 7 heteroatoms. The van der Waals surface area contributed by atoms with Crippen molar-refractivity contribution in [1.82, 2.24) is 9.80 Å².